The summed E-state index contributed by atoms with van der Waals surface area (Å²) < 4.78 is 15.0. The number of carbonyl (C=O) groups excluding carboxylic acids is 2. The molecule has 0 aromatic rings. The summed E-state index contributed by atoms with van der Waals surface area (Å²) in [6.45, 7) is 5.39. The van der Waals surface area contributed by atoms with Gasteiger partial charge in [-0.25, -0.2) is 9.59 Å². The third-order valence-corrected chi connectivity index (χ3v) is 3.78. The standard InChI is InChI=1S/C16H29NO10/c1-5-25-13(22)16(24)6-8(19)10(17-14(23)27-15(2,3)4)12(26-16)11(21)9(20)7-18/h8-12,18-21,24H,5-7H2,1-4H3,(H,17,23)/t8-,9+,10+,11+,12+,16+/m0/s1. The van der Waals surface area contributed by atoms with E-state index in [1.165, 1.54) is 6.92 Å². The van der Waals surface area contributed by atoms with Gasteiger partial charge in [0.05, 0.1) is 25.4 Å². The third kappa shape index (κ3) is 6.26. The van der Waals surface area contributed by atoms with Crippen molar-refractivity contribution in [3.8, 4) is 0 Å². The van der Waals surface area contributed by atoms with Crippen LogP contribution in [0.4, 0.5) is 4.79 Å². The molecule has 27 heavy (non-hydrogen) atoms. The van der Waals surface area contributed by atoms with Crippen LogP contribution in [0.15, 0.2) is 0 Å². The Bertz CT molecular complexity index is 522. The SMILES string of the molecule is CCOC(=O)[C@@]1(O)C[C@H](O)[C@@H](NC(=O)OC(C)(C)C)[C@H]([C@H](O)[C@H](O)CO)O1. The van der Waals surface area contributed by atoms with Crippen LogP contribution in [0.5, 0.6) is 0 Å². The Labute approximate surface area is 156 Å². The number of hydrogen-bond acceptors (Lipinski definition) is 10. The van der Waals surface area contributed by atoms with Gasteiger partial charge in [-0.1, -0.05) is 0 Å². The van der Waals surface area contributed by atoms with Gasteiger partial charge in [-0.3, -0.25) is 0 Å². The first-order chi connectivity index (χ1) is 12.3. The molecule has 0 radical (unpaired) electrons. The molecule has 0 unspecified atom stereocenters. The molecule has 0 aromatic heterocycles. The molecule has 6 atom stereocenters. The number of ether oxygens (including phenoxy) is 3. The van der Waals surface area contributed by atoms with Crippen molar-refractivity contribution in [3.05, 3.63) is 0 Å². The van der Waals surface area contributed by atoms with Gasteiger partial charge in [-0.15, -0.1) is 0 Å². The van der Waals surface area contributed by atoms with Gasteiger partial charge in [-0.2, -0.15) is 0 Å². The number of rotatable bonds is 6. The lowest BCUT2D eigenvalue weighted by atomic mass is 9.89. The molecule has 1 saturated heterocycles. The summed E-state index contributed by atoms with van der Waals surface area (Å²) in [4.78, 5) is 24.0. The molecule has 0 spiro atoms. The highest BCUT2D eigenvalue weighted by molar-refractivity contribution is 5.78. The molecule has 1 aliphatic heterocycles. The van der Waals surface area contributed by atoms with E-state index >= 15 is 0 Å². The highest BCUT2D eigenvalue weighted by Crippen LogP contribution is 2.31. The topological polar surface area (TPSA) is 175 Å². The first-order valence-corrected chi connectivity index (χ1v) is 8.56. The van der Waals surface area contributed by atoms with Crippen molar-refractivity contribution in [1.29, 1.82) is 0 Å². The Morgan fingerprint density at radius 3 is 2.41 bits per heavy atom. The normalized spacial score (nSPS) is 30.9. The molecule has 1 aliphatic rings. The number of carbonyl (C=O) groups is 2. The maximum Gasteiger partial charge on any atom is 0.408 e. The van der Waals surface area contributed by atoms with Gasteiger partial charge in [0.15, 0.2) is 0 Å². The van der Waals surface area contributed by atoms with Crippen LogP contribution < -0.4 is 5.32 Å². The second-order valence-corrected chi connectivity index (χ2v) is 7.27. The maximum absolute atomic E-state index is 12.0. The predicted octanol–water partition coefficient (Wildman–Crippen LogP) is -2.00. The number of alkyl carbamates (subject to hydrolysis) is 1. The van der Waals surface area contributed by atoms with Crippen LogP contribution in [0.3, 0.4) is 0 Å². The fraction of sp³-hybridized carbons (Fsp3) is 0.875. The van der Waals surface area contributed by atoms with E-state index in [0.717, 1.165) is 0 Å². The minimum absolute atomic E-state index is 0.0767. The van der Waals surface area contributed by atoms with Crippen LogP contribution >= 0.6 is 0 Å². The largest absolute Gasteiger partial charge is 0.462 e. The molecule has 1 rings (SSSR count). The Kier molecular flexibility index (Phi) is 7.96. The molecular weight excluding hydrogens is 366 g/mol. The highest BCUT2D eigenvalue weighted by Gasteiger charge is 2.54. The molecule has 1 fully saturated rings. The van der Waals surface area contributed by atoms with E-state index in [2.05, 4.69) is 5.32 Å². The van der Waals surface area contributed by atoms with Gasteiger partial charge in [-0.05, 0) is 27.7 Å². The maximum atomic E-state index is 12.0. The zero-order chi connectivity index (χ0) is 21.0. The second kappa shape index (κ2) is 9.13. The Morgan fingerprint density at radius 2 is 1.93 bits per heavy atom. The van der Waals surface area contributed by atoms with Crippen LogP contribution in [-0.4, -0.2) is 92.7 Å². The molecule has 0 saturated carbocycles. The minimum Gasteiger partial charge on any atom is -0.462 e. The molecule has 0 aromatic carbocycles. The lowest BCUT2D eigenvalue weighted by Crippen LogP contribution is -2.67. The van der Waals surface area contributed by atoms with Crippen molar-refractivity contribution in [2.24, 2.45) is 0 Å². The van der Waals surface area contributed by atoms with Crippen LogP contribution in [0, 0.1) is 0 Å². The summed E-state index contributed by atoms with van der Waals surface area (Å²) in [6.07, 6.45) is -8.41. The van der Waals surface area contributed by atoms with Gasteiger partial charge >= 0.3 is 12.1 Å². The number of nitrogens with one attached hydrogen (secondary N) is 1. The third-order valence-electron chi connectivity index (χ3n) is 3.78. The van der Waals surface area contributed by atoms with E-state index in [9.17, 15) is 30.0 Å². The minimum atomic E-state index is -2.61. The summed E-state index contributed by atoms with van der Waals surface area (Å²) in [5.74, 6) is -3.81. The number of hydrogen-bond donors (Lipinski definition) is 6. The summed E-state index contributed by atoms with van der Waals surface area (Å²) in [5, 5.41) is 52.0. The average Bonchev–Trinajstić information content (AvgIpc) is 2.54. The van der Waals surface area contributed by atoms with Crippen molar-refractivity contribution in [1.82, 2.24) is 5.32 Å². The van der Waals surface area contributed by atoms with Crippen molar-refractivity contribution in [2.75, 3.05) is 13.2 Å². The fourth-order valence-electron chi connectivity index (χ4n) is 2.58. The Balaban J connectivity index is 3.09. The van der Waals surface area contributed by atoms with Crippen LogP contribution in [0.2, 0.25) is 0 Å². The van der Waals surface area contributed by atoms with Crippen molar-refractivity contribution < 1.29 is 49.3 Å². The summed E-state index contributed by atoms with van der Waals surface area (Å²) in [7, 11) is 0. The number of amides is 1. The van der Waals surface area contributed by atoms with Gasteiger partial charge in [0, 0.05) is 6.42 Å². The summed E-state index contributed by atoms with van der Waals surface area (Å²) in [5.41, 5.74) is -0.852. The van der Waals surface area contributed by atoms with E-state index < -0.39 is 66.9 Å². The highest BCUT2D eigenvalue weighted by atomic mass is 16.7. The molecule has 1 heterocycles. The molecule has 1 amide bonds. The smallest absolute Gasteiger partial charge is 0.408 e. The van der Waals surface area contributed by atoms with Gasteiger partial charge in [0.1, 0.15) is 23.9 Å². The van der Waals surface area contributed by atoms with E-state index in [-0.39, 0.29) is 6.61 Å². The van der Waals surface area contributed by atoms with Crippen LogP contribution in [0.1, 0.15) is 34.1 Å². The van der Waals surface area contributed by atoms with Gasteiger partial charge in [0.25, 0.3) is 5.79 Å². The fourth-order valence-corrected chi connectivity index (χ4v) is 2.58. The zero-order valence-corrected chi connectivity index (χ0v) is 15.8. The first kappa shape index (κ1) is 23.5. The van der Waals surface area contributed by atoms with E-state index in [1.807, 2.05) is 0 Å². The Morgan fingerprint density at radius 1 is 1.33 bits per heavy atom. The molecular formula is C16H29NO10. The summed E-state index contributed by atoms with van der Waals surface area (Å²) >= 11 is 0. The number of esters is 1. The molecule has 11 nitrogen and oxygen atoms in total. The second-order valence-electron chi connectivity index (χ2n) is 7.27. The van der Waals surface area contributed by atoms with Gasteiger partial charge < -0.3 is 45.1 Å². The lowest BCUT2D eigenvalue weighted by Gasteiger charge is -2.45. The van der Waals surface area contributed by atoms with E-state index in [4.69, 9.17) is 19.3 Å². The molecule has 0 bridgehead atoms. The van der Waals surface area contributed by atoms with Crippen molar-refractivity contribution in [2.45, 2.75) is 76.0 Å². The quantitative estimate of drug-likeness (QED) is 0.276. The number of aliphatic hydroxyl groups is 5. The van der Waals surface area contributed by atoms with E-state index in [0.29, 0.717) is 0 Å². The van der Waals surface area contributed by atoms with E-state index in [1.54, 1.807) is 20.8 Å². The first-order valence-electron chi connectivity index (χ1n) is 8.56. The predicted molar refractivity (Wildman–Crippen MR) is 89.3 cm³/mol. The zero-order valence-electron chi connectivity index (χ0n) is 15.8. The van der Waals surface area contributed by atoms with Gasteiger partial charge in [0.2, 0.25) is 0 Å². The molecule has 0 aliphatic carbocycles. The number of aliphatic hydroxyl groups excluding tert-OH is 4. The average molecular weight is 395 g/mol. The monoisotopic (exact) mass is 395 g/mol. The summed E-state index contributed by atoms with van der Waals surface area (Å²) in [6, 6.07) is -1.36. The Hall–Kier alpha value is -1.50. The van der Waals surface area contributed by atoms with Crippen LogP contribution in [0.25, 0.3) is 0 Å². The lowest BCUT2D eigenvalue weighted by molar-refractivity contribution is -0.297. The van der Waals surface area contributed by atoms with Crippen LogP contribution in [-0.2, 0) is 19.0 Å². The van der Waals surface area contributed by atoms with Crippen molar-refractivity contribution in [3.63, 3.8) is 0 Å². The van der Waals surface area contributed by atoms with Crippen molar-refractivity contribution >= 4 is 12.1 Å². The molecule has 6 N–H and O–H groups in total. The molecule has 11 heteroatoms. The molecule has 158 valence electrons.